The summed E-state index contributed by atoms with van der Waals surface area (Å²) < 4.78 is 0. The Labute approximate surface area is 95.9 Å². The second-order valence-corrected chi connectivity index (χ2v) is 3.91. The number of hydrogen-bond donors (Lipinski definition) is 1. The van der Waals surface area contributed by atoms with E-state index in [2.05, 4.69) is 11.4 Å². The van der Waals surface area contributed by atoms with Crippen LogP contribution in [0.2, 0.25) is 5.02 Å². The van der Waals surface area contributed by atoms with Crippen molar-refractivity contribution in [3.8, 4) is 6.07 Å². The van der Waals surface area contributed by atoms with Crippen LogP contribution in [0, 0.1) is 11.3 Å². The van der Waals surface area contributed by atoms with Crippen LogP contribution in [-0.4, -0.2) is 5.54 Å². The van der Waals surface area contributed by atoms with E-state index >= 15 is 0 Å². The number of nitrogens with one attached hydrogen (secondary N) is 1. The maximum Gasteiger partial charge on any atom is 0.124 e. The van der Waals surface area contributed by atoms with Crippen LogP contribution in [0.5, 0.6) is 0 Å². The van der Waals surface area contributed by atoms with E-state index in [-0.39, 0.29) is 0 Å². The number of hydrogen-bond acceptors (Lipinski definition) is 2. The van der Waals surface area contributed by atoms with E-state index in [0.717, 1.165) is 18.5 Å². The maximum atomic E-state index is 9.17. The minimum Gasteiger partial charge on any atom is -0.366 e. The fourth-order valence-electron chi connectivity index (χ4n) is 1.43. The zero-order chi connectivity index (χ0) is 11.3. The summed E-state index contributed by atoms with van der Waals surface area (Å²) in [4.78, 5) is 0. The quantitative estimate of drug-likeness (QED) is 0.841. The molecule has 0 fully saturated rings. The first kappa shape index (κ1) is 11.9. The molecule has 3 heteroatoms. The van der Waals surface area contributed by atoms with Gasteiger partial charge in [0.1, 0.15) is 5.54 Å². The normalized spacial score (nSPS) is 10.8. The highest BCUT2D eigenvalue weighted by molar-refractivity contribution is 6.33. The molecule has 0 spiro atoms. The molecule has 1 N–H and O–H groups in total. The van der Waals surface area contributed by atoms with Crippen molar-refractivity contribution < 1.29 is 0 Å². The van der Waals surface area contributed by atoms with Gasteiger partial charge in [-0.15, -0.1) is 0 Å². The minimum atomic E-state index is -0.509. The van der Waals surface area contributed by atoms with Crippen molar-refractivity contribution in [2.75, 3.05) is 5.32 Å². The lowest BCUT2D eigenvalue weighted by Gasteiger charge is -2.26. The SMILES string of the molecule is CCC(C#N)(CC)Nc1ccccc1Cl. The molecule has 15 heavy (non-hydrogen) atoms. The molecule has 0 atom stereocenters. The third kappa shape index (κ3) is 2.64. The number of rotatable bonds is 4. The molecule has 0 aromatic heterocycles. The van der Waals surface area contributed by atoms with Gasteiger partial charge in [0.25, 0.3) is 0 Å². The lowest BCUT2D eigenvalue weighted by molar-refractivity contribution is 0.548. The minimum absolute atomic E-state index is 0.509. The number of nitriles is 1. The van der Waals surface area contributed by atoms with Gasteiger partial charge < -0.3 is 5.32 Å². The van der Waals surface area contributed by atoms with Gasteiger partial charge in [0.05, 0.1) is 16.8 Å². The van der Waals surface area contributed by atoms with Crippen molar-refractivity contribution in [3.05, 3.63) is 29.3 Å². The van der Waals surface area contributed by atoms with Gasteiger partial charge in [-0.25, -0.2) is 0 Å². The molecule has 0 unspecified atom stereocenters. The van der Waals surface area contributed by atoms with Gasteiger partial charge in [-0.1, -0.05) is 37.6 Å². The number of anilines is 1. The summed E-state index contributed by atoms with van der Waals surface area (Å²) in [6.07, 6.45) is 1.51. The molecule has 0 saturated carbocycles. The molecule has 0 amide bonds. The van der Waals surface area contributed by atoms with Gasteiger partial charge in [0, 0.05) is 0 Å². The molecule has 1 aromatic rings. The largest absolute Gasteiger partial charge is 0.366 e. The van der Waals surface area contributed by atoms with E-state index in [1.165, 1.54) is 0 Å². The number of benzene rings is 1. The Morgan fingerprint density at radius 3 is 2.40 bits per heavy atom. The smallest absolute Gasteiger partial charge is 0.124 e. The number of nitrogens with zero attached hydrogens (tertiary/aromatic N) is 1. The summed E-state index contributed by atoms with van der Waals surface area (Å²) in [5.41, 5.74) is 0.315. The third-order valence-electron chi connectivity index (χ3n) is 2.67. The highest BCUT2D eigenvalue weighted by Crippen LogP contribution is 2.27. The van der Waals surface area contributed by atoms with Gasteiger partial charge in [0.2, 0.25) is 0 Å². The van der Waals surface area contributed by atoms with Crippen LogP contribution in [-0.2, 0) is 0 Å². The lowest BCUT2D eigenvalue weighted by Crippen LogP contribution is -2.35. The zero-order valence-corrected chi connectivity index (χ0v) is 9.80. The fraction of sp³-hybridized carbons (Fsp3) is 0.417. The van der Waals surface area contributed by atoms with Crippen LogP contribution < -0.4 is 5.32 Å². The molecule has 0 aliphatic heterocycles. The highest BCUT2D eigenvalue weighted by Gasteiger charge is 2.25. The summed E-state index contributed by atoms with van der Waals surface area (Å²) in [5, 5.41) is 13.0. The van der Waals surface area contributed by atoms with Crippen molar-refractivity contribution in [1.29, 1.82) is 5.26 Å². The molecule has 0 radical (unpaired) electrons. The van der Waals surface area contributed by atoms with Gasteiger partial charge in [-0.3, -0.25) is 0 Å². The van der Waals surface area contributed by atoms with E-state index in [1.54, 1.807) is 0 Å². The Morgan fingerprint density at radius 2 is 1.93 bits per heavy atom. The number of halogens is 1. The first-order valence-electron chi connectivity index (χ1n) is 5.11. The van der Waals surface area contributed by atoms with Crippen molar-refractivity contribution in [3.63, 3.8) is 0 Å². The average molecular weight is 223 g/mol. The molecular formula is C12H15ClN2. The molecule has 1 aromatic carbocycles. The molecule has 0 aliphatic rings. The standard InChI is InChI=1S/C12H15ClN2/c1-3-12(4-2,9-14)15-11-8-6-5-7-10(11)13/h5-8,15H,3-4H2,1-2H3. The van der Waals surface area contributed by atoms with Crippen molar-refractivity contribution in [1.82, 2.24) is 0 Å². The van der Waals surface area contributed by atoms with Crippen molar-refractivity contribution in [2.24, 2.45) is 0 Å². The Balaban J connectivity index is 2.94. The van der Waals surface area contributed by atoms with Crippen LogP contribution in [0.15, 0.2) is 24.3 Å². The maximum absolute atomic E-state index is 9.17. The predicted octanol–water partition coefficient (Wildman–Crippen LogP) is 3.83. The van der Waals surface area contributed by atoms with E-state index < -0.39 is 5.54 Å². The molecular weight excluding hydrogens is 208 g/mol. The Kier molecular flexibility index (Phi) is 3.99. The fourth-order valence-corrected chi connectivity index (χ4v) is 1.62. The summed E-state index contributed by atoms with van der Waals surface area (Å²) in [5.74, 6) is 0. The van der Waals surface area contributed by atoms with Crippen LogP contribution >= 0.6 is 11.6 Å². The van der Waals surface area contributed by atoms with Gasteiger partial charge in [-0.2, -0.15) is 5.26 Å². The molecule has 80 valence electrons. The summed E-state index contributed by atoms with van der Waals surface area (Å²) in [7, 11) is 0. The second kappa shape index (κ2) is 5.04. The van der Waals surface area contributed by atoms with Crippen LogP contribution in [0.3, 0.4) is 0 Å². The Hall–Kier alpha value is -1.20. The Morgan fingerprint density at radius 1 is 1.33 bits per heavy atom. The third-order valence-corrected chi connectivity index (χ3v) is 3.00. The van der Waals surface area contributed by atoms with Crippen LogP contribution in [0.4, 0.5) is 5.69 Å². The molecule has 1 rings (SSSR count). The summed E-state index contributed by atoms with van der Waals surface area (Å²) >= 11 is 6.03. The van der Waals surface area contributed by atoms with E-state index in [0.29, 0.717) is 5.02 Å². The van der Waals surface area contributed by atoms with Crippen molar-refractivity contribution in [2.45, 2.75) is 32.2 Å². The van der Waals surface area contributed by atoms with E-state index in [9.17, 15) is 5.26 Å². The van der Waals surface area contributed by atoms with Gasteiger partial charge >= 0.3 is 0 Å². The zero-order valence-electron chi connectivity index (χ0n) is 9.05. The molecule has 0 aliphatic carbocycles. The predicted molar refractivity (Wildman–Crippen MR) is 64.0 cm³/mol. The monoisotopic (exact) mass is 222 g/mol. The molecule has 0 heterocycles. The first-order valence-corrected chi connectivity index (χ1v) is 5.49. The topological polar surface area (TPSA) is 35.8 Å². The summed E-state index contributed by atoms with van der Waals surface area (Å²) in [6.45, 7) is 3.99. The van der Waals surface area contributed by atoms with Gasteiger partial charge in [-0.05, 0) is 25.0 Å². The number of para-hydroxylation sites is 1. The summed E-state index contributed by atoms with van der Waals surface area (Å²) in [6, 6.07) is 9.81. The highest BCUT2D eigenvalue weighted by atomic mass is 35.5. The second-order valence-electron chi connectivity index (χ2n) is 3.51. The molecule has 0 bridgehead atoms. The van der Waals surface area contributed by atoms with Crippen LogP contribution in [0.25, 0.3) is 0 Å². The molecule has 2 nitrogen and oxygen atoms in total. The van der Waals surface area contributed by atoms with Crippen molar-refractivity contribution >= 4 is 17.3 Å². The molecule has 0 saturated heterocycles. The van der Waals surface area contributed by atoms with Gasteiger partial charge in [0.15, 0.2) is 0 Å². The first-order chi connectivity index (χ1) is 7.17. The van der Waals surface area contributed by atoms with E-state index in [4.69, 9.17) is 11.6 Å². The average Bonchev–Trinajstić information content (AvgIpc) is 2.29. The Bertz CT molecular complexity index is 364. The van der Waals surface area contributed by atoms with Crippen LogP contribution in [0.1, 0.15) is 26.7 Å². The van der Waals surface area contributed by atoms with E-state index in [1.807, 2.05) is 38.1 Å². The lowest BCUT2D eigenvalue weighted by atomic mass is 9.94.